The van der Waals surface area contributed by atoms with E-state index in [0.717, 1.165) is 44.9 Å². The average molecular weight is 274 g/mol. The predicted molar refractivity (Wildman–Crippen MR) is 69.8 cm³/mol. The minimum absolute atomic E-state index is 0.156. The first-order valence-corrected chi connectivity index (χ1v) is 7.30. The third kappa shape index (κ3) is 2.91. The van der Waals surface area contributed by atoms with Gasteiger partial charge in [-0.3, -0.25) is 4.79 Å². The summed E-state index contributed by atoms with van der Waals surface area (Å²) < 4.78 is 25.0. The number of carbonyl (C=O) groups excluding carboxylic acids is 1. The molecule has 3 N–H and O–H groups in total. The molecule has 3 nitrogen and oxygen atoms in total. The maximum atomic E-state index is 12.5. The van der Waals surface area contributed by atoms with Crippen molar-refractivity contribution < 1.29 is 13.6 Å². The Morgan fingerprint density at radius 3 is 2.21 bits per heavy atom. The molecular weight excluding hydrogens is 250 g/mol. The number of rotatable bonds is 5. The Morgan fingerprint density at radius 2 is 1.84 bits per heavy atom. The van der Waals surface area contributed by atoms with Crippen molar-refractivity contribution in [3.05, 3.63) is 0 Å². The van der Waals surface area contributed by atoms with Gasteiger partial charge in [0.1, 0.15) is 0 Å². The van der Waals surface area contributed by atoms with E-state index in [4.69, 9.17) is 5.73 Å². The Bertz CT molecular complexity index is 323. The van der Waals surface area contributed by atoms with Crippen LogP contribution in [0.1, 0.15) is 51.9 Å². The highest BCUT2D eigenvalue weighted by molar-refractivity contribution is 5.82. The lowest BCUT2D eigenvalue weighted by Crippen LogP contribution is -2.51. The molecule has 0 radical (unpaired) electrons. The van der Waals surface area contributed by atoms with Crippen molar-refractivity contribution in [3.63, 3.8) is 0 Å². The molecule has 5 heteroatoms. The van der Waals surface area contributed by atoms with Crippen molar-refractivity contribution in [1.29, 1.82) is 0 Å². The number of primary amides is 1. The molecule has 2 fully saturated rings. The molecule has 0 heterocycles. The summed E-state index contributed by atoms with van der Waals surface area (Å²) in [5, 5.41) is 2.99. The standard InChI is InChI=1S/C14H24F2N2O/c1-9(12(15)16)18-11-5-3-10(4-6-11)14(13(17)19)7-2-8-14/h9-12,18H,2-8H2,1H3,(H2,17,19). The van der Waals surface area contributed by atoms with Crippen molar-refractivity contribution in [2.24, 2.45) is 17.1 Å². The molecule has 2 aliphatic carbocycles. The Morgan fingerprint density at radius 1 is 1.26 bits per heavy atom. The molecule has 0 aliphatic heterocycles. The van der Waals surface area contributed by atoms with Gasteiger partial charge in [-0.1, -0.05) is 6.42 Å². The zero-order valence-electron chi connectivity index (χ0n) is 11.5. The minimum Gasteiger partial charge on any atom is -0.369 e. The number of nitrogens with two attached hydrogens (primary N) is 1. The van der Waals surface area contributed by atoms with Gasteiger partial charge in [-0.2, -0.15) is 0 Å². The van der Waals surface area contributed by atoms with Gasteiger partial charge in [-0.15, -0.1) is 0 Å². The highest BCUT2D eigenvalue weighted by Crippen LogP contribution is 2.51. The molecule has 0 spiro atoms. The first-order valence-electron chi connectivity index (χ1n) is 7.30. The van der Waals surface area contributed by atoms with E-state index in [1.165, 1.54) is 6.92 Å². The monoisotopic (exact) mass is 274 g/mol. The Kier molecular flexibility index (Phi) is 4.43. The number of nitrogens with one attached hydrogen (secondary N) is 1. The molecule has 1 amide bonds. The maximum Gasteiger partial charge on any atom is 0.253 e. The van der Waals surface area contributed by atoms with Gasteiger partial charge >= 0.3 is 0 Å². The molecular formula is C14H24F2N2O. The van der Waals surface area contributed by atoms with Crippen LogP contribution in [0.4, 0.5) is 8.78 Å². The second-order valence-corrected chi connectivity index (χ2v) is 6.21. The number of hydrogen-bond donors (Lipinski definition) is 2. The first-order chi connectivity index (χ1) is 8.95. The van der Waals surface area contributed by atoms with Crippen LogP contribution in [0.2, 0.25) is 0 Å². The molecule has 0 aromatic rings. The lowest BCUT2D eigenvalue weighted by Gasteiger charge is -2.48. The number of hydrogen-bond acceptors (Lipinski definition) is 2. The van der Waals surface area contributed by atoms with Gasteiger partial charge in [0.05, 0.1) is 11.5 Å². The second-order valence-electron chi connectivity index (χ2n) is 6.21. The molecule has 1 unspecified atom stereocenters. The van der Waals surface area contributed by atoms with Crippen molar-refractivity contribution in [2.75, 3.05) is 0 Å². The summed E-state index contributed by atoms with van der Waals surface area (Å²) in [6.45, 7) is 1.52. The summed E-state index contributed by atoms with van der Waals surface area (Å²) in [5.74, 6) is 0.203. The molecule has 2 aliphatic rings. The van der Waals surface area contributed by atoms with Crippen LogP contribution in [-0.4, -0.2) is 24.4 Å². The number of halogens is 2. The summed E-state index contributed by atoms with van der Waals surface area (Å²) in [6.07, 6.45) is 4.20. The molecule has 2 saturated carbocycles. The molecule has 19 heavy (non-hydrogen) atoms. The normalized spacial score (nSPS) is 31.8. The third-order valence-electron chi connectivity index (χ3n) is 5.12. The van der Waals surface area contributed by atoms with Crippen LogP contribution >= 0.6 is 0 Å². The average Bonchev–Trinajstić information content (AvgIpc) is 2.29. The van der Waals surface area contributed by atoms with Gasteiger partial charge in [-0.25, -0.2) is 8.78 Å². The van der Waals surface area contributed by atoms with Crippen molar-refractivity contribution in [3.8, 4) is 0 Å². The second kappa shape index (κ2) is 5.73. The number of alkyl halides is 2. The summed E-state index contributed by atoms with van der Waals surface area (Å²) in [5.41, 5.74) is 5.29. The van der Waals surface area contributed by atoms with Gasteiger partial charge < -0.3 is 11.1 Å². The fourth-order valence-electron chi connectivity index (χ4n) is 3.67. The minimum atomic E-state index is -2.32. The largest absolute Gasteiger partial charge is 0.369 e. The highest BCUT2D eigenvalue weighted by Gasteiger charge is 2.49. The smallest absolute Gasteiger partial charge is 0.253 e. The molecule has 0 aromatic heterocycles. The number of carbonyl (C=O) groups is 1. The summed E-state index contributed by atoms with van der Waals surface area (Å²) in [4.78, 5) is 11.7. The molecule has 0 aromatic carbocycles. The summed E-state index contributed by atoms with van der Waals surface area (Å²) in [7, 11) is 0. The Labute approximate surface area is 113 Å². The number of amides is 1. The van der Waals surface area contributed by atoms with Crippen LogP contribution < -0.4 is 11.1 Å². The summed E-state index contributed by atoms with van der Waals surface area (Å²) >= 11 is 0. The fraction of sp³-hybridized carbons (Fsp3) is 0.929. The van der Waals surface area contributed by atoms with Crippen molar-refractivity contribution in [2.45, 2.75) is 70.4 Å². The van der Waals surface area contributed by atoms with E-state index in [-0.39, 0.29) is 17.4 Å². The maximum absolute atomic E-state index is 12.5. The lowest BCUT2D eigenvalue weighted by atomic mass is 9.57. The molecule has 0 saturated heterocycles. The molecule has 2 rings (SSSR count). The van der Waals surface area contributed by atoms with E-state index in [9.17, 15) is 13.6 Å². The van der Waals surface area contributed by atoms with Crippen LogP contribution in [0.25, 0.3) is 0 Å². The van der Waals surface area contributed by atoms with E-state index >= 15 is 0 Å². The van der Waals surface area contributed by atoms with Crippen LogP contribution in [0.3, 0.4) is 0 Å². The SMILES string of the molecule is CC(NC1CCC(C2(C(N)=O)CCC2)CC1)C(F)F. The van der Waals surface area contributed by atoms with Gasteiger partial charge in [0.25, 0.3) is 6.43 Å². The van der Waals surface area contributed by atoms with E-state index < -0.39 is 12.5 Å². The van der Waals surface area contributed by atoms with E-state index in [1.807, 2.05) is 0 Å². The molecule has 1 atom stereocenters. The van der Waals surface area contributed by atoms with Gasteiger partial charge in [0, 0.05) is 6.04 Å². The van der Waals surface area contributed by atoms with Crippen molar-refractivity contribution in [1.82, 2.24) is 5.32 Å². The van der Waals surface area contributed by atoms with Crippen LogP contribution in [0.5, 0.6) is 0 Å². The molecule has 110 valence electrons. The summed E-state index contributed by atoms with van der Waals surface area (Å²) in [6, 6.07) is -0.597. The quantitative estimate of drug-likeness (QED) is 0.809. The van der Waals surface area contributed by atoms with Crippen LogP contribution in [0, 0.1) is 11.3 Å². The van der Waals surface area contributed by atoms with Crippen LogP contribution in [-0.2, 0) is 4.79 Å². The molecule has 0 bridgehead atoms. The Balaban J connectivity index is 1.84. The van der Waals surface area contributed by atoms with E-state index in [0.29, 0.717) is 5.92 Å². The first kappa shape index (κ1) is 14.7. The van der Waals surface area contributed by atoms with E-state index in [2.05, 4.69) is 5.32 Å². The van der Waals surface area contributed by atoms with Crippen molar-refractivity contribution >= 4 is 5.91 Å². The zero-order valence-corrected chi connectivity index (χ0v) is 11.5. The van der Waals surface area contributed by atoms with Crippen LogP contribution in [0.15, 0.2) is 0 Å². The van der Waals surface area contributed by atoms with Gasteiger partial charge in [-0.05, 0) is 51.4 Å². The zero-order chi connectivity index (χ0) is 14.0. The van der Waals surface area contributed by atoms with Gasteiger partial charge in [0.15, 0.2) is 0 Å². The third-order valence-corrected chi connectivity index (χ3v) is 5.12. The highest BCUT2D eigenvalue weighted by atomic mass is 19.3. The van der Waals surface area contributed by atoms with E-state index in [1.54, 1.807) is 0 Å². The fourth-order valence-corrected chi connectivity index (χ4v) is 3.67. The Hall–Kier alpha value is -0.710. The van der Waals surface area contributed by atoms with Gasteiger partial charge in [0.2, 0.25) is 5.91 Å². The predicted octanol–water partition coefficient (Wildman–Crippen LogP) is 2.44. The topological polar surface area (TPSA) is 55.1 Å². The lowest BCUT2D eigenvalue weighted by molar-refractivity contribution is -0.138.